The van der Waals surface area contributed by atoms with Crippen molar-refractivity contribution in [2.75, 3.05) is 5.32 Å². The zero-order chi connectivity index (χ0) is 19.5. The lowest BCUT2D eigenvalue weighted by Gasteiger charge is -2.10. The molecule has 28 heavy (non-hydrogen) atoms. The van der Waals surface area contributed by atoms with Crippen molar-refractivity contribution in [3.05, 3.63) is 82.7 Å². The van der Waals surface area contributed by atoms with Crippen molar-refractivity contribution in [2.24, 2.45) is 0 Å². The number of carbonyl (C=O) groups is 1. The van der Waals surface area contributed by atoms with Gasteiger partial charge >= 0.3 is 0 Å². The molecule has 1 amide bonds. The normalized spacial score (nSPS) is 10.6. The first-order valence-corrected chi connectivity index (χ1v) is 8.96. The molecule has 0 unspecified atom stereocenters. The molecule has 8 heteroatoms. The summed E-state index contributed by atoms with van der Waals surface area (Å²) in [5.74, 6) is 0.413. The zero-order valence-electron chi connectivity index (χ0n) is 14.3. The minimum absolute atomic E-state index is 0.280. The maximum absolute atomic E-state index is 12.5. The fourth-order valence-electron chi connectivity index (χ4n) is 2.48. The van der Waals surface area contributed by atoms with E-state index in [-0.39, 0.29) is 11.6 Å². The predicted octanol–water partition coefficient (Wildman–Crippen LogP) is 5.38. The Kier molecular flexibility index (Phi) is 5.06. The maximum Gasteiger partial charge on any atom is 0.274 e. The highest BCUT2D eigenvalue weighted by atomic mass is 35.5. The monoisotopic (exact) mass is 410 g/mol. The van der Waals surface area contributed by atoms with Gasteiger partial charge in [0.1, 0.15) is 11.4 Å². The van der Waals surface area contributed by atoms with Gasteiger partial charge in [0.05, 0.1) is 21.1 Å². The Bertz CT molecular complexity index is 1170. The van der Waals surface area contributed by atoms with Crippen LogP contribution < -0.4 is 10.1 Å². The lowest BCUT2D eigenvalue weighted by atomic mass is 10.2. The Morgan fingerprint density at radius 1 is 0.964 bits per heavy atom. The van der Waals surface area contributed by atoms with Crippen LogP contribution in [-0.4, -0.2) is 20.9 Å². The van der Waals surface area contributed by atoms with Crippen LogP contribution in [0.15, 0.2) is 67.0 Å². The minimum atomic E-state index is -0.352. The Morgan fingerprint density at radius 3 is 2.64 bits per heavy atom. The Balaban J connectivity index is 1.50. The van der Waals surface area contributed by atoms with Gasteiger partial charge in [0, 0.05) is 24.1 Å². The standard InChI is InChI=1S/C20H12Cl2N4O2/c21-12-3-8-19(24-11-12)28-18-7-4-13(10-14(18)22)25-20(27)17-6-5-15-16(26-17)2-1-9-23-15/h1-11H,(H,25,27). The third kappa shape index (κ3) is 4.03. The Hall–Kier alpha value is -3.22. The molecule has 0 bridgehead atoms. The van der Waals surface area contributed by atoms with Crippen LogP contribution >= 0.6 is 23.2 Å². The van der Waals surface area contributed by atoms with Crippen LogP contribution in [-0.2, 0) is 0 Å². The predicted molar refractivity (Wildman–Crippen MR) is 108 cm³/mol. The number of nitrogens with zero attached hydrogens (tertiary/aromatic N) is 3. The molecule has 138 valence electrons. The molecule has 0 saturated heterocycles. The summed E-state index contributed by atoms with van der Waals surface area (Å²) in [5, 5.41) is 3.60. The quantitative estimate of drug-likeness (QED) is 0.488. The van der Waals surface area contributed by atoms with Crippen molar-refractivity contribution in [1.29, 1.82) is 0 Å². The van der Waals surface area contributed by atoms with Gasteiger partial charge in [-0.3, -0.25) is 9.78 Å². The van der Waals surface area contributed by atoms with E-state index in [0.29, 0.717) is 32.9 Å². The van der Waals surface area contributed by atoms with Gasteiger partial charge in [-0.25, -0.2) is 9.97 Å². The number of aromatic nitrogens is 3. The van der Waals surface area contributed by atoms with Crippen molar-refractivity contribution in [2.45, 2.75) is 0 Å². The SMILES string of the molecule is O=C(Nc1ccc(Oc2ccc(Cl)cn2)c(Cl)c1)c1ccc2ncccc2n1. The smallest absolute Gasteiger partial charge is 0.274 e. The number of amides is 1. The highest BCUT2D eigenvalue weighted by molar-refractivity contribution is 6.32. The van der Waals surface area contributed by atoms with Gasteiger partial charge < -0.3 is 10.1 Å². The molecule has 3 heterocycles. The van der Waals surface area contributed by atoms with Gasteiger partial charge in [-0.1, -0.05) is 23.2 Å². The second-order valence-electron chi connectivity index (χ2n) is 5.75. The van der Waals surface area contributed by atoms with E-state index in [4.69, 9.17) is 27.9 Å². The van der Waals surface area contributed by atoms with Crippen LogP contribution in [0.4, 0.5) is 5.69 Å². The number of hydrogen-bond acceptors (Lipinski definition) is 5. The van der Waals surface area contributed by atoms with Crippen LogP contribution in [0.3, 0.4) is 0 Å². The van der Waals surface area contributed by atoms with E-state index >= 15 is 0 Å². The summed E-state index contributed by atoms with van der Waals surface area (Å²) in [6, 6.07) is 15.2. The number of anilines is 1. The van der Waals surface area contributed by atoms with Crippen molar-refractivity contribution in [3.63, 3.8) is 0 Å². The number of fused-ring (bicyclic) bond motifs is 1. The van der Waals surface area contributed by atoms with Gasteiger partial charge in [-0.05, 0) is 48.5 Å². The first-order valence-electron chi connectivity index (χ1n) is 8.20. The van der Waals surface area contributed by atoms with E-state index in [9.17, 15) is 4.79 Å². The van der Waals surface area contributed by atoms with Crippen molar-refractivity contribution in [3.8, 4) is 11.6 Å². The second-order valence-corrected chi connectivity index (χ2v) is 6.60. The molecule has 0 radical (unpaired) electrons. The number of halogens is 2. The summed E-state index contributed by atoms with van der Waals surface area (Å²) in [7, 11) is 0. The van der Waals surface area contributed by atoms with E-state index in [0.717, 1.165) is 5.52 Å². The first-order chi connectivity index (χ1) is 13.6. The summed E-state index contributed by atoms with van der Waals surface area (Å²) in [6.45, 7) is 0. The van der Waals surface area contributed by atoms with Gasteiger partial charge in [0.25, 0.3) is 5.91 Å². The maximum atomic E-state index is 12.5. The molecule has 0 atom stereocenters. The number of rotatable bonds is 4. The number of ether oxygens (including phenoxy) is 1. The van der Waals surface area contributed by atoms with E-state index < -0.39 is 0 Å². The van der Waals surface area contributed by atoms with Crippen molar-refractivity contribution < 1.29 is 9.53 Å². The highest BCUT2D eigenvalue weighted by Gasteiger charge is 2.11. The van der Waals surface area contributed by atoms with Gasteiger partial charge in [0.2, 0.25) is 5.88 Å². The number of benzene rings is 1. The molecule has 3 aromatic heterocycles. The molecule has 0 fully saturated rings. The lowest BCUT2D eigenvalue weighted by molar-refractivity contribution is 0.102. The van der Waals surface area contributed by atoms with E-state index in [1.165, 1.54) is 6.20 Å². The van der Waals surface area contributed by atoms with Gasteiger partial charge in [-0.15, -0.1) is 0 Å². The lowest BCUT2D eigenvalue weighted by Crippen LogP contribution is -2.13. The molecule has 4 aromatic rings. The van der Waals surface area contributed by atoms with Crippen LogP contribution in [0.2, 0.25) is 10.0 Å². The molecular formula is C20H12Cl2N4O2. The highest BCUT2D eigenvalue weighted by Crippen LogP contribution is 2.31. The van der Waals surface area contributed by atoms with Crippen LogP contribution in [0, 0.1) is 0 Å². The van der Waals surface area contributed by atoms with Crippen molar-refractivity contribution >= 4 is 45.8 Å². The largest absolute Gasteiger partial charge is 0.437 e. The molecular weight excluding hydrogens is 399 g/mol. The first kappa shape index (κ1) is 18.2. The molecule has 0 aliphatic carbocycles. The topological polar surface area (TPSA) is 77.0 Å². The van der Waals surface area contributed by atoms with E-state index in [1.807, 2.05) is 0 Å². The summed E-state index contributed by atoms with van der Waals surface area (Å²) in [5.41, 5.74) is 2.16. The Morgan fingerprint density at radius 2 is 1.86 bits per heavy atom. The second kappa shape index (κ2) is 7.80. The number of carbonyl (C=O) groups excluding carboxylic acids is 1. The fraction of sp³-hybridized carbons (Fsp3) is 0. The molecule has 6 nitrogen and oxygen atoms in total. The van der Waals surface area contributed by atoms with Crippen LogP contribution in [0.1, 0.15) is 10.5 Å². The molecule has 1 aromatic carbocycles. The molecule has 0 saturated carbocycles. The van der Waals surface area contributed by atoms with E-state index in [2.05, 4.69) is 20.3 Å². The fourth-order valence-corrected chi connectivity index (χ4v) is 2.81. The average molecular weight is 411 g/mol. The summed E-state index contributed by atoms with van der Waals surface area (Å²) in [4.78, 5) is 25.1. The van der Waals surface area contributed by atoms with Gasteiger partial charge in [-0.2, -0.15) is 0 Å². The third-order valence-corrected chi connectivity index (χ3v) is 4.31. The zero-order valence-corrected chi connectivity index (χ0v) is 15.8. The molecule has 0 aliphatic heterocycles. The van der Waals surface area contributed by atoms with Crippen LogP contribution in [0.5, 0.6) is 11.6 Å². The molecule has 0 aliphatic rings. The number of pyridine rings is 3. The summed E-state index contributed by atoms with van der Waals surface area (Å²) >= 11 is 12.1. The third-order valence-electron chi connectivity index (χ3n) is 3.79. The Labute approximate surface area is 170 Å². The number of hydrogen-bond donors (Lipinski definition) is 1. The van der Waals surface area contributed by atoms with Crippen molar-refractivity contribution in [1.82, 2.24) is 15.0 Å². The summed E-state index contributed by atoms with van der Waals surface area (Å²) < 4.78 is 5.62. The van der Waals surface area contributed by atoms with E-state index in [1.54, 1.807) is 60.8 Å². The minimum Gasteiger partial charge on any atom is -0.437 e. The molecule has 1 N–H and O–H groups in total. The summed E-state index contributed by atoms with van der Waals surface area (Å²) in [6.07, 6.45) is 3.15. The van der Waals surface area contributed by atoms with Crippen LogP contribution in [0.25, 0.3) is 11.0 Å². The molecule has 4 rings (SSSR count). The number of nitrogens with one attached hydrogen (secondary N) is 1. The van der Waals surface area contributed by atoms with Gasteiger partial charge in [0.15, 0.2) is 0 Å². The molecule has 0 spiro atoms. The average Bonchev–Trinajstić information content (AvgIpc) is 2.71.